The van der Waals surface area contributed by atoms with E-state index in [4.69, 9.17) is 0 Å². The Morgan fingerprint density at radius 3 is 1.31 bits per heavy atom. The van der Waals surface area contributed by atoms with Gasteiger partial charge in [0.25, 0.3) is 0 Å². The Morgan fingerprint density at radius 1 is 0.500 bits per heavy atom. The summed E-state index contributed by atoms with van der Waals surface area (Å²) >= 11 is 0. The lowest BCUT2D eigenvalue weighted by Crippen LogP contribution is -2.11. The second-order valence-corrected chi connectivity index (χ2v) is 11.2. The van der Waals surface area contributed by atoms with E-state index in [0.717, 1.165) is 88.9 Å². The van der Waals surface area contributed by atoms with E-state index >= 15 is 0 Å². The van der Waals surface area contributed by atoms with Crippen LogP contribution >= 0.6 is 0 Å². The van der Waals surface area contributed by atoms with Crippen molar-refractivity contribution in [1.29, 1.82) is 0 Å². The van der Waals surface area contributed by atoms with Crippen LogP contribution in [0.3, 0.4) is 0 Å². The molecule has 1 aliphatic rings. The highest BCUT2D eigenvalue weighted by molar-refractivity contribution is 5.82. The van der Waals surface area contributed by atoms with E-state index in [-0.39, 0.29) is 17.8 Å². The van der Waals surface area contributed by atoms with E-state index in [1.807, 2.05) is 48.5 Å². The van der Waals surface area contributed by atoms with Gasteiger partial charge in [0.05, 0.1) is 0 Å². The number of hydrogen-bond donors (Lipinski definition) is 0. The molecular weight excluding hydrogens is 520 g/mol. The molecule has 0 fully saturated rings. The van der Waals surface area contributed by atoms with Crippen LogP contribution in [0.25, 0.3) is 0 Å². The first-order valence-corrected chi connectivity index (χ1v) is 14.8. The summed E-state index contributed by atoms with van der Waals surface area (Å²) < 4.78 is 0. The van der Waals surface area contributed by atoms with Gasteiger partial charge < -0.3 is 0 Å². The van der Waals surface area contributed by atoms with Crippen molar-refractivity contribution >= 4 is 25.1 Å². The van der Waals surface area contributed by atoms with Gasteiger partial charge >= 0.3 is 0 Å². The summed E-state index contributed by atoms with van der Waals surface area (Å²) in [6.07, 6.45) is 6.49. The molecule has 0 saturated heterocycles. The van der Waals surface area contributed by atoms with Crippen LogP contribution < -0.4 is 0 Å². The molecule has 5 rings (SSSR count). The molecule has 4 aromatic rings. The topological polar surface area (TPSA) is 68.3 Å². The normalized spacial score (nSPS) is 17.7. The maximum Gasteiger partial charge on any atom is 0.150 e. The summed E-state index contributed by atoms with van der Waals surface area (Å²) in [5, 5.41) is 0. The Balaban J connectivity index is 1.86. The Kier molecular flexibility index (Phi) is 8.72. The molecule has 3 unspecified atom stereocenters. The zero-order valence-corrected chi connectivity index (χ0v) is 24.4. The first-order chi connectivity index (χ1) is 20.5. The maximum atomic E-state index is 12.3. The largest absolute Gasteiger partial charge is 0.298 e. The molecular formula is C38H36O4. The SMILES string of the molecule is CCC1c2ccc(C=O)c(c2)C(CC)c2ccc(C=O)c(c2)C(CC)c2ccc(C=O)c(c2)Cc2ccc(C=O)c1c2. The molecule has 0 heterocycles. The number of aldehydes is 4. The Morgan fingerprint density at radius 2 is 0.881 bits per heavy atom. The van der Waals surface area contributed by atoms with Gasteiger partial charge in [-0.2, -0.15) is 0 Å². The summed E-state index contributed by atoms with van der Waals surface area (Å²) in [4.78, 5) is 48.9. The van der Waals surface area contributed by atoms with Crippen LogP contribution in [-0.4, -0.2) is 25.1 Å². The first-order valence-electron chi connectivity index (χ1n) is 14.8. The van der Waals surface area contributed by atoms with Crippen molar-refractivity contribution in [3.05, 3.63) is 140 Å². The second kappa shape index (κ2) is 12.6. The van der Waals surface area contributed by atoms with Gasteiger partial charge in [0.15, 0.2) is 0 Å². The van der Waals surface area contributed by atoms with Crippen molar-refractivity contribution in [2.75, 3.05) is 0 Å². The molecule has 0 amide bonds. The van der Waals surface area contributed by atoms with E-state index in [1.165, 1.54) is 0 Å². The van der Waals surface area contributed by atoms with E-state index in [9.17, 15) is 19.2 Å². The second-order valence-electron chi connectivity index (χ2n) is 11.2. The quantitative estimate of drug-likeness (QED) is 0.214. The van der Waals surface area contributed by atoms with E-state index in [1.54, 1.807) is 0 Å². The van der Waals surface area contributed by atoms with Gasteiger partial charge in [-0.15, -0.1) is 0 Å². The molecule has 0 aromatic heterocycles. The summed E-state index contributed by atoms with van der Waals surface area (Å²) in [5.41, 5.74) is 10.5. The molecule has 4 heteroatoms. The highest BCUT2D eigenvalue weighted by Gasteiger charge is 2.25. The molecule has 0 radical (unpaired) electrons. The number of carbonyl (C=O) groups excluding carboxylic acids is 4. The lowest BCUT2D eigenvalue weighted by atomic mass is 9.78. The van der Waals surface area contributed by atoms with E-state index < -0.39 is 0 Å². The number of fused-ring (bicyclic) bond motifs is 8. The summed E-state index contributed by atoms with van der Waals surface area (Å²) in [6.45, 7) is 6.33. The number of hydrogen-bond acceptors (Lipinski definition) is 4. The molecule has 1 aliphatic carbocycles. The van der Waals surface area contributed by atoms with Crippen molar-refractivity contribution in [1.82, 2.24) is 0 Å². The molecule has 3 atom stereocenters. The lowest BCUT2D eigenvalue weighted by Gasteiger charge is -2.26. The number of carbonyl (C=O) groups is 4. The lowest BCUT2D eigenvalue weighted by molar-refractivity contribution is 0.111. The molecule has 0 aliphatic heterocycles. The van der Waals surface area contributed by atoms with Crippen molar-refractivity contribution in [2.24, 2.45) is 0 Å². The zero-order chi connectivity index (χ0) is 29.8. The van der Waals surface area contributed by atoms with Crippen LogP contribution in [0, 0.1) is 0 Å². The standard InChI is InChI=1S/C38H36O4/c1-4-33-25-9-12-28(20-39)32(17-25)15-24-7-8-29(21-40)36(16-24)34(5-2)26-10-13-31(23-42)38(18-26)35(6-3)27-11-14-30(22-41)37(33)19-27/h7-14,16-23,33-35H,4-6,15H2,1-3H3. The first kappa shape index (κ1) is 29.1. The van der Waals surface area contributed by atoms with Crippen LogP contribution in [0.2, 0.25) is 0 Å². The van der Waals surface area contributed by atoms with Crippen LogP contribution in [-0.2, 0) is 6.42 Å². The zero-order valence-electron chi connectivity index (χ0n) is 24.4. The third-order valence-electron chi connectivity index (χ3n) is 9.00. The highest BCUT2D eigenvalue weighted by Crippen LogP contribution is 2.39. The Bertz CT molecular complexity index is 1660. The van der Waals surface area contributed by atoms with Gasteiger partial charge in [-0.05, 0) is 70.2 Å². The predicted molar refractivity (Wildman–Crippen MR) is 167 cm³/mol. The Labute approximate surface area is 247 Å². The third-order valence-corrected chi connectivity index (χ3v) is 9.00. The van der Waals surface area contributed by atoms with Gasteiger partial charge in [0.1, 0.15) is 25.1 Å². The van der Waals surface area contributed by atoms with Gasteiger partial charge in [0, 0.05) is 40.0 Å². The number of benzene rings is 4. The fourth-order valence-electron chi connectivity index (χ4n) is 6.82. The van der Waals surface area contributed by atoms with Crippen molar-refractivity contribution in [2.45, 2.75) is 64.2 Å². The van der Waals surface area contributed by atoms with Crippen LogP contribution in [0.1, 0.15) is 144 Å². The summed E-state index contributed by atoms with van der Waals surface area (Å²) in [6, 6.07) is 24.0. The molecule has 0 spiro atoms. The molecule has 0 N–H and O–H groups in total. The van der Waals surface area contributed by atoms with Crippen LogP contribution in [0.15, 0.2) is 72.8 Å². The minimum atomic E-state index is -0.0580. The molecule has 0 saturated carbocycles. The Hall–Kier alpha value is -4.44. The summed E-state index contributed by atoms with van der Waals surface area (Å²) in [7, 11) is 0. The van der Waals surface area contributed by atoms with Gasteiger partial charge in [-0.3, -0.25) is 19.2 Å². The molecule has 42 heavy (non-hydrogen) atoms. The van der Waals surface area contributed by atoms with E-state index in [0.29, 0.717) is 28.7 Å². The minimum Gasteiger partial charge on any atom is -0.298 e. The molecule has 4 nitrogen and oxygen atoms in total. The van der Waals surface area contributed by atoms with Crippen LogP contribution in [0.4, 0.5) is 0 Å². The fourth-order valence-corrected chi connectivity index (χ4v) is 6.82. The summed E-state index contributed by atoms with van der Waals surface area (Å²) in [5.74, 6) is -0.161. The van der Waals surface area contributed by atoms with Crippen LogP contribution in [0.5, 0.6) is 0 Å². The van der Waals surface area contributed by atoms with Gasteiger partial charge in [-0.25, -0.2) is 0 Å². The molecule has 212 valence electrons. The molecule has 4 aromatic carbocycles. The predicted octanol–water partition coefficient (Wildman–Crippen LogP) is 8.47. The van der Waals surface area contributed by atoms with Crippen molar-refractivity contribution in [3.63, 3.8) is 0 Å². The van der Waals surface area contributed by atoms with Gasteiger partial charge in [-0.1, -0.05) is 93.6 Å². The average Bonchev–Trinajstić information content (AvgIpc) is 3.02. The minimum absolute atomic E-state index is 0.0515. The van der Waals surface area contributed by atoms with Crippen molar-refractivity contribution < 1.29 is 19.2 Å². The van der Waals surface area contributed by atoms with Gasteiger partial charge in [0.2, 0.25) is 0 Å². The highest BCUT2D eigenvalue weighted by atomic mass is 16.1. The average molecular weight is 557 g/mol. The fraction of sp³-hybridized carbons (Fsp3) is 0.263. The third kappa shape index (κ3) is 5.30. The van der Waals surface area contributed by atoms with Crippen molar-refractivity contribution in [3.8, 4) is 0 Å². The molecule has 8 bridgehead atoms. The maximum absolute atomic E-state index is 12.3. The smallest absolute Gasteiger partial charge is 0.150 e. The monoisotopic (exact) mass is 556 g/mol. The number of rotatable bonds is 7. The van der Waals surface area contributed by atoms with E-state index in [2.05, 4.69) is 45.0 Å².